The maximum absolute atomic E-state index is 4.27. The van der Waals surface area contributed by atoms with Crippen molar-refractivity contribution in [1.82, 2.24) is 0 Å². The van der Waals surface area contributed by atoms with Crippen LogP contribution in [0.1, 0.15) is 11.1 Å². The summed E-state index contributed by atoms with van der Waals surface area (Å²) in [5.41, 5.74) is 2.41. The minimum atomic E-state index is 0.992. The van der Waals surface area contributed by atoms with Gasteiger partial charge in [-0.1, -0.05) is 36.4 Å². The van der Waals surface area contributed by atoms with E-state index in [2.05, 4.69) is 67.4 Å². The fraction of sp³-hybridized carbons (Fsp3) is 0.0667. The second kappa shape index (κ2) is 5.99. The average molecular weight is 258 g/mol. The van der Waals surface area contributed by atoms with E-state index in [1.807, 2.05) is 12.1 Å². The zero-order chi connectivity index (χ0) is 12.1. The highest BCUT2D eigenvalue weighted by atomic mass is 32.2. The molecular weight excluding hydrogens is 244 g/mol. The third kappa shape index (κ3) is 3.69. The fourth-order valence-corrected chi connectivity index (χ4v) is 2.05. The highest BCUT2D eigenvalue weighted by Gasteiger charge is 1.90. The van der Waals surface area contributed by atoms with Gasteiger partial charge in [-0.15, -0.1) is 24.4 Å². The van der Waals surface area contributed by atoms with E-state index in [0.29, 0.717) is 0 Å². The maximum Gasteiger partial charge on any atom is 0.00695 e. The normalized spacial score (nSPS) is 10.9. The van der Waals surface area contributed by atoms with Crippen LogP contribution in [0.3, 0.4) is 0 Å². The molecule has 2 aromatic rings. The predicted molar refractivity (Wildman–Crippen MR) is 80.8 cm³/mol. The molecule has 0 aliphatic carbocycles. The van der Waals surface area contributed by atoms with Gasteiger partial charge in [-0.05, 0) is 41.6 Å². The summed E-state index contributed by atoms with van der Waals surface area (Å²) >= 11 is 6.03. The van der Waals surface area contributed by atoms with Crippen molar-refractivity contribution in [3.8, 4) is 0 Å². The van der Waals surface area contributed by atoms with Crippen molar-refractivity contribution < 1.29 is 0 Å². The van der Waals surface area contributed by atoms with Crippen LogP contribution >= 0.6 is 24.4 Å². The highest BCUT2D eigenvalue weighted by Crippen LogP contribution is 2.16. The number of rotatable bonds is 3. The van der Waals surface area contributed by atoms with E-state index in [1.165, 1.54) is 16.0 Å². The fourth-order valence-electron chi connectivity index (χ4n) is 1.49. The Bertz CT molecular complexity index is 495. The van der Waals surface area contributed by atoms with Crippen LogP contribution < -0.4 is 0 Å². The molecule has 86 valence electrons. The van der Waals surface area contributed by atoms with Gasteiger partial charge in [-0.2, -0.15) is 0 Å². The SMILES string of the molecule is CSc1ccc(C=Cc2ccc(S)cc2)cc1. The predicted octanol–water partition coefficient (Wildman–Crippen LogP) is 4.87. The van der Waals surface area contributed by atoms with E-state index in [0.717, 1.165) is 4.90 Å². The van der Waals surface area contributed by atoms with Crippen molar-refractivity contribution in [3.05, 3.63) is 59.7 Å². The Kier molecular flexibility index (Phi) is 4.35. The quantitative estimate of drug-likeness (QED) is 0.465. The Labute approximate surface area is 112 Å². The van der Waals surface area contributed by atoms with Crippen LogP contribution in [-0.4, -0.2) is 6.26 Å². The van der Waals surface area contributed by atoms with Gasteiger partial charge < -0.3 is 0 Å². The lowest BCUT2D eigenvalue weighted by molar-refractivity contribution is 1.45. The molecule has 0 aliphatic rings. The summed E-state index contributed by atoms with van der Waals surface area (Å²) in [4.78, 5) is 2.29. The van der Waals surface area contributed by atoms with E-state index >= 15 is 0 Å². The molecule has 2 rings (SSSR count). The molecule has 0 amide bonds. The number of benzene rings is 2. The number of hydrogen-bond acceptors (Lipinski definition) is 2. The van der Waals surface area contributed by atoms with Crippen molar-refractivity contribution in [1.29, 1.82) is 0 Å². The van der Waals surface area contributed by atoms with Gasteiger partial charge in [0.1, 0.15) is 0 Å². The number of thiol groups is 1. The lowest BCUT2D eigenvalue weighted by Gasteiger charge is -1.97. The molecule has 0 saturated heterocycles. The van der Waals surface area contributed by atoms with Crippen LogP contribution in [0.2, 0.25) is 0 Å². The van der Waals surface area contributed by atoms with E-state index < -0.39 is 0 Å². The van der Waals surface area contributed by atoms with E-state index in [-0.39, 0.29) is 0 Å². The zero-order valence-electron chi connectivity index (χ0n) is 9.63. The average Bonchev–Trinajstić information content (AvgIpc) is 2.39. The zero-order valence-corrected chi connectivity index (χ0v) is 11.3. The minimum absolute atomic E-state index is 0.992. The molecule has 0 fully saturated rings. The van der Waals surface area contributed by atoms with Gasteiger partial charge >= 0.3 is 0 Å². The topological polar surface area (TPSA) is 0 Å². The van der Waals surface area contributed by atoms with Crippen LogP contribution in [0.4, 0.5) is 0 Å². The number of thioether (sulfide) groups is 1. The second-order valence-electron chi connectivity index (χ2n) is 3.70. The summed E-state index contributed by atoms with van der Waals surface area (Å²) in [7, 11) is 0. The third-order valence-electron chi connectivity index (χ3n) is 2.48. The van der Waals surface area contributed by atoms with Crippen LogP contribution in [-0.2, 0) is 0 Å². The van der Waals surface area contributed by atoms with Gasteiger partial charge in [-0.25, -0.2) is 0 Å². The lowest BCUT2D eigenvalue weighted by Crippen LogP contribution is -1.74. The van der Waals surface area contributed by atoms with Crippen LogP contribution in [0, 0.1) is 0 Å². The first-order valence-corrected chi connectivity index (χ1v) is 7.06. The van der Waals surface area contributed by atoms with Gasteiger partial charge in [0.2, 0.25) is 0 Å². The standard InChI is InChI=1S/C15H14S2/c1-17-15-10-6-13(7-11-15)3-2-12-4-8-14(16)9-5-12/h2-11,16H,1H3. The summed E-state index contributed by atoms with van der Waals surface area (Å²) in [5, 5.41) is 0. The first-order valence-electron chi connectivity index (χ1n) is 5.39. The molecule has 0 unspecified atom stereocenters. The summed E-state index contributed by atoms with van der Waals surface area (Å²) in [6.07, 6.45) is 6.32. The second-order valence-corrected chi connectivity index (χ2v) is 5.09. The van der Waals surface area contributed by atoms with Crippen LogP contribution in [0.5, 0.6) is 0 Å². The Hall–Kier alpha value is -1.12. The number of hydrogen-bond donors (Lipinski definition) is 1. The van der Waals surface area contributed by atoms with Crippen molar-refractivity contribution >= 4 is 36.5 Å². The largest absolute Gasteiger partial charge is 0.143 e. The van der Waals surface area contributed by atoms with Crippen LogP contribution in [0.15, 0.2) is 58.3 Å². The maximum atomic E-state index is 4.27. The molecule has 0 bridgehead atoms. The van der Waals surface area contributed by atoms with Crippen molar-refractivity contribution in [3.63, 3.8) is 0 Å². The molecule has 0 saturated carbocycles. The summed E-state index contributed by atoms with van der Waals surface area (Å²) < 4.78 is 0. The monoisotopic (exact) mass is 258 g/mol. The molecule has 2 heteroatoms. The van der Waals surface area contributed by atoms with E-state index in [9.17, 15) is 0 Å². The summed E-state index contributed by atoms with van der Waals surface area (Å²) in [6, 6.07) is 16.7. The first-order chi connectivity index (χ1) is 8.28. The molecule has 17 heavy (non-hydrogen) atoms. The van der Waals surface area contributed by atoms with Crippen molar-refractivity contribution in [2.45, 2.75) is 9.79 Å². The Morgan fingerprint density at radius 2 is 1.29 bits per heavy atom. The third-order valence-corrected chi connectivity index (χ3v) is 3.52. The molecule has 0 aliphatic heterocycles. The van der Waals surface area contributed by atoms with Gasteiger partial charge in [0.15, 0.2) is 0 Å². The summed E-state index contributed by atoms with van der Waals surface area (Å²) in [6.45, 7) is 0. The Morgan fingerprint density at radius 1 is 0.824 bits per heavy atom. The van der Waals surface area contributed by atoms with Gasteiger partial charge in [0, 0.05) is 9.79 Å². The Morgan fingerprint density at radius 3 is 1.76 bits per heavy atom. The van der Waals surface area contributed by atoms with E-state index in [1.54, 1.807) is 11.8 Å². The smallest absolute Gasteiger partial charge is 0.00695 e. The van der Waals surface area contributed by atoms with E-state index in [4.69, 9.17) is 0 Å². The molecule has 0 nitrogen and oxygen atoms in total. The van der Waals surface area contributed by atoms with Gasteiger partial charge in [0.05, 0.1) is 0 Å². The highest BCUT2D eigenvalue weighted by molar-refractivity contribution is 7.98. The molecule has 0 atom stereocenters. The van der Waals surface area contributed by atoms with Gasteiger partial charge in [0.25, 0.3) is 0 Å². The molecule has 2 aromatic carbocycles. The lowest BCUT2D eigenvalue weighted by atomic mass is 10.1. The molecule has 0 heterocycles. The van der Waals surface area contributed by atoms with Crippen LogP contribution in [0.25, 0.3) is 12.2 Å². The first kappa shape index (κ1) is 12.3. The minimum Gasteiger partial charge on any atom is -0.143 e. The van der Waals surface area contributed by atoms with Gasteiger partial charge in [-0.3, -0.25) is 0 Å². The van der Waals surface area contributed by atoms with Crippen molar-refractivity contribution in [2.75, 3.05) is 6.26 Å². The Balaban J connectivity index is 2.11. The molecule has 0 radical (unpaired) electrons. The van der Waals surface area contributed by atoms with Crippen molar-refractivity contribution in [2.24, 2.45) is 0 Å². The molecule has 0 N–H and O–H groups in total. The molecule has 0 spiro atoms. The summed E-state index contributed by atoms with van der Waals surface area (Å²) in [5.74, 6) is 0. The molecular formula is C15H14S2. The molecule has 0 aromatic heterocycles.